The highest BCUT2D eigenvalue weighted by atomic mass is 16.3. The maximum atomic E-state index is 11.8. The standard InChI is InChI=1S/C12H15N3O3/c1-7(16)6-13-11(17)8-3-4-10-9(5-8)14-12(18)15(10)2/h3-5,7,16H,6H2,1-2H3,(H,13,17)(H,14,18). The lowest BCUT2D eigenvalue weighted by atomic mass is 10.2. The van der Waals surface area contributed by atoms with Crippen molar-refractivity contribution in [3.63, 3.8) is 0 Å². The van der Waals surface area contributed by atoms with Crippen molar-refractivity contribution in [2.75, 3.05) is 6.54 Å². The molecule has 1 aromatic carbocycles. The fourth-order valence-electron chi connectivity index (χ4n) is 1.72. The highest BCUT2D eigenvalue weighted by Gasteiger charge is 2.09. The number of benzene rings is 1. The molecule has 1 amide bonds. The van der Waals surface area contributed by atoms with Crippen molar-refractivity contribution in [1.82, 2.24) is 14.9 Å². The summed E-state index contributed by atoms with van der Waals surface area (Å²) in [6, 6.07) is 4.98. The van der Waals surface area contributed by atoms with Crippen molar-refractivity contribution in [2.24, 2.45) is 7.05 Å². The molecule has 18 heavy (non-hydrogen) atoms. The number of rotatable bonds is 3. The third-order valence-electron chi connectivity index (χ3n) is 2.72. The Kier molecular flexibility index (Phi) is 3.20. The minimum atomic E-state index is -0.589. The summed E-state index contributed by atoms with van der Waals surface area (Å²) in [4.78, 5) is 25.8. The van der Waals surface area contributed by atoms with Crippen LogP contribution in [0.1, 0.15) is 17.3 Å². The molecule has 1 aromatic heterocycles. The molecular weight excluding hydrogens is 234 g/mol. The lowest BCUT2D eigenvalue weighted by molar-refractivity contribution is 0.0924. The van der Waals surface area contributed by atoms with E-state index in [1.807, 2.05) is 0 Å². The van der Waals surface area contributed by atoms with Gasteiger partial charge in [0.25, 0.3) is 5.91 Å². The zero-order chi connectivity index (χ0) is 13.3. The van der Waals surface area contributed by atoms with E-state index in [2.05, 4.69) is 10.3 Å². The first-order valence-electron chi connectivity index (χ1n) is 5.64. The van der Waals surface area contributed by atoms with Gasteiger partial charge >= 0.3 is 5.69 Å². The maximum Gasteiger partial charge on any atom is 0.326 e. The van der Waals surface area contributed by atoms with E-state index in [0.29, 0.717) is 11.1 Å². The highest BCUT2D eigenvalue weighted by molar-refractivity contribution is 5.97. The number of aromatic nitrogens is 2. The summed E-state index contributed by atoms with van der Waals surface area (Å²) in [6.07, 6.45) is -0.589. The largest absolute Gasteiger partial charge is 0.392 e. The summed E-state index contributed by atoms with van der Waals surface area (Å²) in [7, 11) is 1.66. The molecule has 0 bridgehead atoms. The van der Waals surface area contributed by atoms with Crippen molar-refractivity contribution in [2.45, 2.75) is 13.0 Å². The second kappa shape index (κ2) is 4.66. The van der Waals surface area contributed by atoms with Crippen LogP contribution in [0.15, 0.2) is 23.0 Å². The predicted molar refractivity (Wildman–Crippen MR) is 67.6 cm³/mol. The first-order valence-corrected chi connectivity index (χ1v) is 5.64. The molecule has 2 rings (SSSR count). The highest BCUT2D eigenvalue weighted by Crippen LogP contribution is 2.11. The molecule has 0 radical (unpaired) electrons. The number of aliphatic hydroxyl groups excluding tert-OH is 1. The molecular formula is C12H15N3O3. The van der Waals surface area contributed by atoms with Crippen LogP contribution >= 0.6 is 0 Å². The minimum absolute atomic E-state index is 0.197. The van der Waals surface area contributed by atoms with Gasteiger partial charge in [0.1, 0.15) is 0 Å². The first-order chi connectivity index (χ1) is 8.49. The number of hydrogen-bond donors (Lipinski definition) is 3. The van der Waals surface area contributed by atoms with Crippen LogP contribution in [-0.2, 0) is 7.05 Å². The average Bonchev–Trinajstić information content (AvgIpc) is 2.61. The van der Waals surface area contributed by atoms with Crippen LogP contribution < -0.4 is 11.0 Å². The zero-order valence-corrected chi connectivity index (χ0v) is 10.2. The number of fused-ring (bicyclic) bond motifs is 1. The quantitative estimate of drug-likeness (QED) is 0.714. The van der Waals surface area contributed by atoms with Gasteiger partial charge in [-0.15, -0.1) is 0 Å². The number of carbonyl (C=O) groups excluding carboxylic acids is 1. The van der Waals surface area contributed by atoms with Gasteiger partial charge in [0, 0.05) is 19.2 Å². The van der Waals surface area contributed by atoms with Gasteiger partial charge < -0.3 is 15.4 Å². The Labute approximate surface area is 103 Å². The second-order valence-corrected chi connectivity index (χ2v) is 4.28. The van der Waals surface area contributed by atoms with E-state index in [9.17, 15) is 9.59 Å². The van der Waals surface area contributed by atoms with Crippen molar-refractivity contribution < 1.29 is 9.90 Å². The zero-order valence-electron chi connectivity index (χ0n) is 10.2. The monoisotopic (exact) mass is 249 g/mol. The Hall–Kier alpha value is -2.08. The van der Waals surface area contributed by atoms with Gasteiger partial charge in [0.05, 0.1) is 17.1 Å². The summed E-state index contributed by atoms with van der Waals surface area (Å²) in [5.41, 5.74) is 1.59. The topological polar surface area (TPSA) is 87.1 Å². The third kappa shape index (κ3) is 2.28. The van der Waals surface area contributed by atoms with E-state index in [0.717, 1.165) is 5.52 Å². The number of aryl methyl sites for hydroxylation is 1. The molecule has 96 valence electrons. The Morgan fingerprint density at radius 3 is 2.94 bits per heavy atom. The van der Waals surface area contributed by atoms with Crippen LogP contribution in [0.25, 0.3) is 11.0 Å². The van der Waals surface area contributed by atoms with Crippen LogP contribution in [0.4, 0.5) is 0 Å². The lowest BCUT2D eigenvalue weighted by Gasteiger charge is -2.07. The average molecular weight is 249 g/mol. The summed E-state index contributed by atoms with van der Waals surface area (Å²) in [5, 5.41) is 11.7. The number of imidazole rings is 1. The molecule has 1 unspecified atom stereocenters. The number of nitrogens with zero attached hydrogens (tertiary/aromatic N) is 1. The maximum absolute atomic E-state index is 11.8. The molecule has 0 aliphatic heterocycles. The van der Waals surface area contributed by atoms with Gasteiger partial charge in [-0.2, -0.15) is 0 Å². The summed E-state index contributed by atoms with van der Waals surface area (Å²) in [5.74, 6) is -0.275. The Bertz CT molecular complexity index is 640. The van der Waals surface area contributed by atoms with E-state index in [1.54, 1.807) is 32.2 Å². The van der Waals surface area contributed by atoms with Crippen LogP contribution in [-0.4, -0.2) is 33.2 Å². The number of aromatic amines is 1. The summed E-state index contributed by atoms with van der Waals surface area (Å²) >= 11 is 0. The van der Waals surface area contributed by atoms with Gasteiger partial charge in [-0.25, -0.2) is 4.79 Å². The molecule has 0 aliphatic carbocycles. The van der Waals surface area contributed by atoms with Crippen molar-refractivity contribution in [1.29, 1.82) is 0 Å². The van der Waals surface area contributed by atoms with E-state index in [-0.39, 0.29) is 18.1 Å². The molecule has 3 N–H and O–H groups in total. The van der Waals surface area contributed by atoms with Crippen LogP contribution in [0.5, 0.6) is 0 Å². The number of nitrogens with one attached hydrogen (secondary N) is 2. The fourth-order valence-corrected chi connectivity index (χ4v) is 1.72. The fraction of sp³-hybridized carbons (Fsp3) is 0.333. The molecule has 0 saturated carbocycles. The number of aliphatic hydroxyl groups is 1. The Morgan fingerprint density at radius 2 is 2.28 bits per heavy atom. The van der Waals surface area contributed by atoms with Gasteiger partial charge in [-0.1, -0.05) is 0 Å². The van der Waals surface area contributed by atoms with E-state index < -0.39 is 6.10 Å². The summed E-state index contributed by atoms with van der Waals surface area (Å²) < 4.78 is 1.48. The SMILES string of the molecule is CC(O)CNC(=O)c1ccc2c(c1)[nH]c(=O)n2C. The van der Waals surface area contributed by atoms with E-state index >= 15 is 0 Å². The van der Waals surface area contributed by atoms with Gasteiger partial charge in [-0.05, 0) is 25.1 Å². The molecule has 2 aromatic rings. The smallest absolute Gasteiger partial charge is 0.326 e. The minimum Gasteiger partial charge on any atom is -0.392 e. The Balaban J connectivity index is 2.30. The van der Waals surface area contributed by atoms with Gasteiger partial charge in [0.15, 0.2) is 0 Å². The Morgan fingerprint density at radius 1 is 1.56 bits per heavy atom. The molecule has 0 saturated heterocycles. The molecule has 1 atom stereocenters. The summed E-state index contributed by atoms with van der Waals surface area (Å²) in [6.45, 7) is 1.79. The number of amides is 1. The lowest BCUT2D eigenvalue weighted by Crippen LogP contribution is -2.30. The number of hydrogen-bond acceptors (Lipinski definition) is 3. The molecule has 0 fully saturated rings. The third-order valence-corrected chi connectivity index (χ3v) is 2.72. The predicted octanol–water partition coefficient (Wildman–Crippen LogP) is -0.0228. The van der Waals surface area contributed by atoms with E-state index in [4.69, 9.17) is 5.11 Å². The normalized spacial score (nSPS) is 12.6. The van der Waals surface area contributed by atoms with Crippen molar-refractivity contribution >= 4 is 16.9 Å². The molecule has 0 aliphatic rings. The first kappa shape index (κ1) is 12.4. The molecule has 0 spiro atoms. The van der Waals surface area contributed by atoms with Gasteiger partial charge in [0.2, 0.25) is 0 Å². The van der Waals surface area contributed by atoms with Crippen molar-refractivity contribution in [3.8, 4) is 0 Å². The van der Waals surface area contributed by atoms with Crippen LogP contribution in [0, 0.1) is 0 Å². The number of H-pyrrole nitrogens is 1. The molecule has 6 heteroatoms. The van der Waals surface area contributed by atoms with Gasteiger partial charge in [-0.3, -0.25) is 9.36 Å². The number of carbonyl (C=O) groups is 1. The molecule has 6 nitrogen and oxygen atoms in total. The van der Waals surface area contributed by atoms with Crippen LogP contribution in [0.3, 0.4) is 0 Å². The van der Waals surface area contributed by atoms with Crippen molar-refractivity contribution in [3.05, 3.63) is 34.2 Å². The second-order valence-electron chi connectivity index (χ2n) is 4.28. The molecule has 1 heterocycles. The van der Waals surface area contributed by atoms with E-state index in [1.165, 1.54) is 4.57 Å². The van der Waals surface area contributed by atoms with Crippen LogP contribution in [0.2, 0.25) is 0 Å².